The van der Waals surface area contributed by atoms with Gasteiger partial charge in [0.25, 0.3) is 0 Å². The Morgan fingerprint density at radius 2 is 1.70 bits per heavy atom. The van der Waals surface area contributed by atoms with Crippen LogP contribution in [0.1, 0.15) is 24.8 Å². The second-order valence-corrected chi connectivity index (χ2v) is 9.98. The predicted molar refractivity (Wildman–Crippen MR) is 121 cm³/mol. The summed E-state index contributed by atoms with van der Waals surface area (Å²) in [7, 11) is 0.256. The molecule has 0 radical (unpaired) electrons. The highest BCUT2D eigenvalue weighted by Crippen LogP contribution is 2.21. The number of piperazine rings is 1. The average molecular weight is 437 g/mol. The van der Waals surface area contributed by atoms with E-state index in [4.69, 9.17) is 0 Å². The van der Waals surface area contributed by atoms with Gasteiger partial charge in [-0.05, 0) is 44.6 Å². The van der Waals surface area contributed by atoms with Crippen LogP contribution in [0.25, 0.3) is 0 Å². The highest BCUT2D eigenvalue weighted by Gasteiger charge is 2.29. The zero-order valence-corrected chi connectivity index (χ0v) is 19.1. The van der Waals surface area contributed by atoms with Crippen molar-refractivity contribution in [2.75, 3.05) is 66.5 Å². The fraction of sp³-hybridized carbons (Fsp3) is 0.667. The van der Waals surface area contributed by atoms with Crippen LogP contribution in [0.4, 0.5) is 0 Å². The molecule has 2 saturated heterocycles. The van der Waals surface area contributed by atoms with E-state index in [1.54, 1.807) is 23.5 Å². The van der Waals surface area contributed by atoms with Gasteiger partial charge in [0.2, 0.25) is 10.0 Å². The van der Waals surface area contributed by atoms with Crippen LogP contribution in [-0.4, -0.2) is 94.9 Å². The predicted octanol–water partition coefficient (Wildman–Crippen LogP) is 0.774. The molecular weight excluding hydrogens is 400 g/mol. The SMILES string of the molecule is CN=C(NCCN1CCCCC1)NCc1ccccc1S(=O)(=O)N1CCN(C)CC1. The van der Waals surface area contributed by atoms with E-state index in [1.165, 1.54) is 32.4 Å². The Hall–Kier alpha value is -1.68. The molecule has 0 aliphatic carbocycles. The third-order valence-electron chi connectivity index (χ3n) is 5.89. The fourth-order valence-corrected chi connectivity index (χ4v) is 5.63. The van der Waals surface area contributed by atoms with Crippen LogP contribution in [-0.2, 0) is 16.6 Å². The van der Waals surface area contributed by atoms with Crippen molar-refractivity contribution in [1.82, 2.24) is 24.7 Å². The van der Waals surface area contributed by atoms with Crippen LogP contribution in [0.5, 0.6) is 0 Å². The lowest BCUT2D eigenvalue weighted by Crippen LogP contribution is -2.47. The molecule has 0 atom stereocenters. The Kier molecular flexibility index (Phi) is 8.50. The Bertz CT molecular complexity index is 799. The molecule has 0 aromatic heterocycles. The number of rotatable bonds is 7. The van der Waals surface area contributed by atoms with Gasteiger partial charge in [0, 0.05) is 52.9 Å². The van der Waals surface area contributed by atoms with Crippen molar-refractivity contribution in [3.8, 4) is 0 Å². The molecule has 9 heteroatoms. The van der Waals surface area contributed by atoms with Gasteiger partial charge in [0.1, 0.15) is 0 Å². The summed E-state index contributed by atoms with van der Waals surface area (Å²) < 4.78 is 28.0. The molecule has 0 bridgehead atoms. The number of guanidine groups is 1. The first-order valence-corrected chi connectivity index (χ1v) is 12.4. The van der Waals surface area contributed by atoms with E-state index in [2.05, 4.69) is 25.4 Å². The third kappa shape index (κ3) is 6.16. The van der Waals surface area contributed by atoms with Crippen molar-refractivity contribution in [3.63, 3.8) is 0 Å². The number of likely N-dealkylation sites (tertiary alicyclic amines) is 1. The quantitative estimate of drug-likeness (QED) is 0.486. The molecule has 0 spiro atoms. The lowest BCUT2D eigenvalue weighted by Gasteiger charge is -2.32. The molecule has 2 aliphatic heterocycles. The summed E-state index contributed by atoms with van der Waals surface area (Å²) in [5, 5.41) is 6.62. The van der Waals surface area contributed by atoms with Gasteiger partial charge < -0.3 is 20.4 Å². The van der Waals surface area contributed by atoms with Crippen molar-refractivity contribution in [2.24, 2.45) is 4.99 Å². The number of likely N-dealkylation sites (N-methyl/N-ethyl adjacent to an activating group) is 1. The molecule has 0 saturated carbocycles. The van der Waals surface area contributed by atoms with Gasteiger partial charge in [0.15, 0.2) is 5.96 Å². The topological polar surface area (TPSA) is 80.3 Å². The molecule has 3 rings (SSSR count). The molecule has 8 nitrogen and oxygen atoms in total. The van der Waals surface area contributed by atoms with E-state index in [-0.39, 0.29) is 0 Å². The number of sulfonamides is 1. The van der Waals surface area contributed by atoms with Crippen molar-refractivity contribution in [2.45, 2.75) is 30.7 Å². The fourth-order valence-electron chi connectivity index (χ4n) is 3.98. The molecule has 1 aromatic rings. The number of aliphatic imine (C=N–C) groups is 1. The molecule has 2 fully saturated rings. The van der Waals surface area contributed by atoms with Crippen LogP contribution in [0, 0.1) is 0 Å². The standard InChI is InChI=1S/C21H36N6O2S/c1-22-21(23-10-13-26-11-6-3-7-12-26)24-18-19-8-4-5-9-20(19)30(28,29)27-16-14-25(2)15-17-27/h4-5,8-9H,3,6-7,10-18H2,1-2H3,(H2,22,23,24). The van der Waals surface area contributed by atoms with Crippen LogP contribution in [0.15, 0.2) is 34.2 Å². The van der Waals surface area contributed by atoms with Crippen molar-refractivity contribution in [3.05, 3.63) is 29.8 Å². The molecular formula is C21H36N6O2S. The van der Waals surface area contributed by atoms with E-state index < -0.39 is 10.0 Å². The highest BCUT2D eigenvalue weighted by molar-refractivity contribution is 7.89. The molecule has 30 heavy (non-hydrogen) atoms. The Labute approximate surface area is 181 Å². The van der Waals surface area contributed by atoms with Crippen molar-refractivity contribution in [1.29, 1.82) is 0 Å². The van der Waals surface area contributed by atoms with Gasteiger partial charge in [-0.2, -0.15) is 4.31 Å². The molecule has 2 heterocycles. The maximum atomic E-state index is 13.2. The number of nitrogens with one attached hydrogen (secondary N) is 2. The van der Waals surface area contributed by atoms with Crippen LogP contribution < -0.4 is 10.6 Å². The summed E-state index contributed by atoms with van der Waals surface area (Å²) in [5.74, 6) is 0.693. The normalized spacial score (nSPS) is 20.3. The Balaban J connectivity index is 1.57. The largest absolute Gasteiger partial charge is 0.355 e. The summed E-state index contributed by atoms with van der Waals surface area (Å²) in [5.41, 5.74) is 0.760. The van der Waals surface area contributed by atoms with Crippen LogP contribution >= 0.6 is 0 Å². The number of hydrogen-bond donors (Lipinski definition) is 2. The minimum Gasteiger partial charge on any atom is -0.355 e. The Morgan fingerprint density at radius 1 is 1.00 bits per heavy atom. The molecule has 2 N–H and O–H groups in total. The van der Waals surface area contributed by atoms with Gasteiger partial charge in [-0.3, -0.25) is 4.99 Å². The molecule has 168 valence electrons. The Morgan fingerprint density at radius 3 is 2.40 bits per heavy atom. The highest BCUT2D eigenvalue weighted by atomic mass is 32.2. The second-order valence-electron chi connectivity index (χ2n) is 8.07. The summed E-state index contributed by atoms with van der Waals surface area (Å²) in [6.07, 6.45) is 3.90. The summed E-state index contributed by atoms with van der Waals surface area (Å²) in [6, 6.07) is 7.25. The van der Waals surface area contributed by atoms with E-state index in [0.717, 1.165) is 31.7 Å². The first kappa shape index (κ1) is 23.0. The monoisotopic (exact) mass is 436 g/mol. The zero-order chi connectivity index (χ0) is 21.4. The lowest BCUT2D eigenvalue weighted by molar-refractivity contribution is 0.222. The second kappa shape index (κ2) is 11.1. The van der Waals surface area contributed by atoms with Gasteiger partial charge >= 0.3 is 0 Å². The molecule has 1 aromatic carbocycles. The average Bonchev–Trinajstić information content (AvgIpc) is 2.77. The third-order valence-corrected chi connectivity index (χ3v) is 7.89. The van der Waals surface area contributed by atoms with E-state index in [9.17, 15) is 8.42 Å². The lowest BCUT2D eigenvalue weighted by atomic mass is 10.1. The molecule has 0 amide bonds. The maximum absolute atomic E-state index is 13.2. The van der Waals surface area contributed by atoms with Gasteiger partial charge in [0.05, 0.1) is 4.90 Å². The summed E-state index contributed by atoms with van der Waals surface area (Å²) in [4.78, 5) is 9.29. The van der Waals surface area contributed by atoms with Gasteiger partial charge in [-0.1, -0.05) is 24.6 Å². The number of hydrogen-bond acceptors (Lipinski definition) is 5. The summed E-state index contributed by atoms with van der Waals surface area (Å²) in [6.45, 7) is 7.14. The smallest absolute Gasteiger partial charge is 0.243 e. The zero-order valence-electron chi connectivity index (χ0n) is 18.3. The number of nitrogens with zero attached hydrogens (tertiary/aromatic N) is 4. The van der Waals surface area contributed by atoms with Crippen molar-refractivity contribution < 1.29 is 8.42 Å². The van der Waals surface area contributed by atoms with Gasteiger partial charge in [-0.15, -0.1) is 0 Å². The van der Waals surface area contributed by atoms with Crippen molar-refractivity contribution >= 4 is 16.0 Å². The minimum atomic E-state index is -3.50. The van der Waals surface area contributed by atoms with E-state index in [1.807, 2.05) is 19.2 Å². The number of benzene rings is 1. The minimum absolute atomic E-state index is 0.380. The summed E-state index contributed by atoms with van der Waals surface area (Å²) >= 11 is 0. The van der Waals surface area contributed by atoms with Crippen LogP contribution in [0.2, 0.25) is 0 Å². The number of piperidine rings is 1. The van der Waals surface area contributed by atoms with Gasteiger partial charge in [-0.25, -0.2) is 8.42 Å². The van der Waals surface area contributed by atoms with E-state index in [0.29, 0.717) is 30.5 Å². The first-order chi connectivity index (χ1) is 14.5. The van der Waals surface area contributed by atoms with E-state index >= 15 is 0 Å². The first-order valence-electron chi connectivity index (χ1n) is 10.9. The maximum Gasteiger partial charge on any atom is 0.243 e. The molecule has 0 unspecified atom stereocenters. The molecule has 2 aliphatic rings. The van der Waals surface area contributed by atoms with Crippen LogP contribution in [0.3, 0.4) is 0 Å².